The number of primary amides is 1. The summed E-state index contributed by atoms with van der Waals surface area (Å²) in [4.78, 5) is 24.2. The second kappa shape index (κ2) is 7.95. The van der Waals surface area contributed by atoms with Crippen LogP contribution in [0.3, 0.4) is 0 Å². The molecule has 0 radical (unpaired) electrons. The van der Waals surface area contributed by atoms with Gasteiger partial charge in [-0.15, -0.1) is 0 Å². The number of rotatable bonds is 4. The molecule has 1 aromatic rings. The van der Waals surface area contributed by atoms with E-state index < -0.39 is 12.0 Å². The minimum Gasteiger partial charge on any atom is -0.480 e. The van der Waals surface area contributed by atoms with Crippen LogP contribution in [-0.4, -0.2) is 18.0 Å². The van der Waals surface area contributed by atoms with Gasteiger partial charge in [-0.3, -0.25) is 4.79 Å². The second-order valence-electron chi connectivity index (χ2n) is 6.55. The van der Waals surface area contributed by atoms with Gasteiger partial charge in [0.25, 0.3) is 5.91 Å². The van der Waals surface area contributed by atoms with E-state index in [0.717, 1.165) is 11.1 Å². The monoisotopic (exact) mass is 365 g/mol. The number of amides is 3. The van der Waals surface area contributed by atoms with Crippen molar-refractivity contribution in [3.8, 4) is 5.75 Å². The Morgan fingerprint density at radius 3 is 2.85 bits per heavy atom. The van der Waals surface area contributed by atoms with Gasteiger partial charge >= 0.3 is 6.03 Å². The molecule has 0 aromatic heterocycles. The van der Waals surface area contributed by atoms with Gasteiger partial charge in [-0.25, -0.2) is 4.79 Å². The second-order valence-corrected chi connectivity index (χ2v) is 6.55. The summed E-state index contributed by atoms with van der Waals surface area (Å²) >= 11 is 0. The molecule has 1 aliphatic heterocycles. The fourth-order valence-electron chi connectivity index (χ4n) is 3.29. The van der Waals surface area contributed by atoms with Gasteiger partial charge in [0.1, 0.15) is 5.75 Å². The summed E-state index contributed by atoms with van der Waals surface area (Å²) in [7, 11) is 0. The molecule has 6 nitrogen and oxygen atoms in total. The van der Waals surface area contributed by atoms with Crippen molar-refractivity contribution in [1.82, 2.24) is 10.6 Å². The fourth-order valence-corrected chi connectivity index (χ4v) is 3.29. The average molecular weight is 365 g/mol. The first-order valence-electron chi connectivity index (χ1n) is 8.83. The number of hydrogen-bond donors (Lipinski definition) is 3. The number of ether oxygens (including phenoxy) is 1. The van der Waals surface area contributed by atoms with Crippen molar-refractivity contribution in [3.05, 3.63) is 78.1 Å². The molecule has 1 heterocycles. The number of nitrogens with two attached hydrogens (primary N) is 1. The first kappa shape index (κ1) is 18.5. The van der Waals surface area contributed by atoms with Gasteiger partial charge in [-0.2, -0.15) is 0 Å². The molecule has 6 heteroatoms. The molecule has 3 amide bonds. The molecular formula is C21H23N3O3. The van der Waals surface area contributed by atoms with Crippen LogP contribution in [-0.2, 0) is 4.79 Å². The van der Waals surface area contributed by atoms with Crippen LogP contribution in [0.4, 0.5) is 4.79 Å². The quantitative estimate of drug-likeness (QED) is 0.766. The molecular weight excluding hydrogens is 342 g/mol. The van der Waals surface area contributed by atoms with Crippen LogP contribution in [0.2, 0.25) is 0 Å². The number of urea groups is 1. The van der Waals surface area contributed by atoms with E-state index in [1.807, 2.05) is 49.4 Å². The summed E-state index contributed by atoms with van der Waals surface area (Å²) in [6.45, 7) is 5.78. The van der Waals surface area contributed by atoms with Crippen LogP contribution in [0.15, 0.2) is 72.5 Å². The lowest BCUT2D eigenvalue weighted by Gasteiger charge is -2.31. The number of para-hydroxylation sites is 1. The average Bonchev–Trinajstić information content (AvgIpc) is 2.64. The van der Waals surface area contributed by atoms with Crippen molar-refractivity contribution < 1.29 is 14.3 Å². The number of benzene rings is 1. The van der Waals surface area contributed by atoms with E-state index in [1.54, 1.807) is 12.1 Å². The minimum absolute atomic E-state index is 0.173. The molecule has 2 aliphatic rings. The third-order valence-electron chi connectivity index (χ3n) is 4.65. The zero-order valence-corrected chi connectivity index (χ0v) is 15.1. The van der Waals surface area contributed by atoms with E-state index >= 15 is 0 Å². The highest BCUT2D eigenvalue weighted by molar-refractivity contribution is 5.81. The summed E-state index contributed by atoms with van der Waals surface area (Å²) < 4.78 is 5.63. The predicted octanol–water partition coefficient (Wildman–Crippen LogP) is 2.87. The molecule has 3 atom stereocenters. The van der Waals surface area contributed by atoms with Crippen molar-refractivity contribution in [3.63, 3.8) is 0 Å². The van der Waals surface area contributed by atoms with E-state index in [9.17, 15) is 9.59 Å². The van der Waals surface area contributed by atoms with Gasteiger partial charge < -0.3 is 21.1 Å². The van der Waals surface area contributed by atoms with E-state index in [0.29, 0.717) is 11.4 Å². The lowest BCUT2D eigenvalue weighted by molar-refractivity contribution is -0.125. The Bertz CT molecular complexity index is 854. The Morgan fingerprint density at radius 1 is 1.33 bits per heavy atom. The number of carbonyl (C=O) groups is 2. The van der Waals surface area contributed by atoms with Gasteiger partial charge in [0.05, 0.1) is 6.04 Å². The maximum absolute atomic E-state index is 12.6. The lowest BCUT2D eigenvalue weighted by Crippen LogP contribution is -2.45. The Morgan fingerprint density at radius 2 is 2.11 bits per heavy atom. The standard InChI is InChI=1S/C21H23N3O3/c1-3-7-14-13(2)8-6-10-16(14)23-21(26)24-17-12-19(20(22)25)27-18-11-5-4-9-15(17)18/h3-11,13,17,19H,1,12H2,2H3,(H2,22,25)(H2,23,24,26)/b14-7+. The van der Waals surface area contributed by atoms with Gasteiger partial charge in [0.2, 0.25) is 0 Å². The van der Waals surface area contributed by atoms with Crippen LogP contribution < -0.4 is 21.1 Å². The van der Waals surface area contributed by atoms with E-state index in [-0.39, 0.29) is 24.4 Å². The first-order chi connectivity index (χ1) is 13.0. The molecule has 27 heavy (non-hydrogen) atoms. The third-order valence-corrected chi connectivity index (χ3v) is 4.65. The first-order valence-corrected chi connectivity index (χ1v) is 8.83. The Balaban J connectivity index is 1.76. The molecule has 0 saturated heterocycles. The van der Waals surface area contributed by atoms with Crippen molar-refractivity contribution in [2.75, 3.05) is 0 Å². The molecule has 1 aromatic carbocycles. The number of allylic oxidation sites excluding steroid dienone is 6. The molecule has 0 bridgehead atoms. The van der Waals surface area contributed by atoms with Crippen LogP contribution in [0.25, 0.3) is 0 Å². The van der Waals surface area contributed by atoms with Gasteiger partial charge in [-0.05, 0) is 17.7 Å². The normalized spacial score (nSPS) is 25.0. The van der Waals surface area contributed by atoms with Crippen molar-refractivity contribution >= 4 is 11.9 Å². The number of nitrogens with one attached hydrogen (secondary N) is 2. The Labute approximate surface area is 158 Å². The third kappa shape index (κ3) is 4.11. The van der Waals surface area contributed by atoms with Crippen LogP contribution in [0, 0.1) is 5.92 Å². The summed E-state index contributed by atoms with van der Waals surface area (Å²) in [5.74, 6) is 0.173. The number of fused-ring (bicyclic) bond motifs is 1. The molecule has 0 saturated carbocycles. The number of hydrogen-bond acceptors (Lipinski definition) is 3. The van der Waals surface area contributed by atoms with E-state index in [2.05, 4.69) is 17.2 Å². The molecule has 140 valence electrons. The van der Waals surface area contributed by atoms with E-state index in [4.69, 9.17) is 10.5 Å². The zero-order valence-electron chi connectivity index (χ0n) is 15.1. The molecule has 3 rings (SSSR count). The molecule has 1 aliphatic carbocycles. The van der Waals surface area contributed by atoms with Gasteiger partial charge in [0.15, 0.2) is 6.10 Å². The highest BCUT2D eigenvalue weighted by atomic mass is 16.5. The summed E-state index contributed by atoms with van der Waals surface area (Å²) in [6.07, 6.45) is 8.89. The highest BCUT2D eigenvalue weighted by Gasteiger charge is 2.32. The lowest BCUT2D eigenvalue weighted by atomic mass is 9.93. The largest absolute Gasteiger partial charge is 0.480 e. The SMILES string of the molecule is C=C/C=C1/C(NC(=O)NC2CC(C(N)=O)Oc3ccccc32)=CC=CC1C. The van der Waals surface area contributed by atoms with Crippen LogP contribution in [0.5, 0.6) is 5.75 Å². The topological polar surface area (TPSA) is 93.5 Å². The van der Waals surface area contributed by atoms with E-state index in [1.165, 1.54) is 0 Å². The van der Waals surface area contributed by atoms with Crippen LogP contribution >= 0.6 is 0 Å². The predicted molar refractivity (Wildman–Crippen MR) is 104 cm³/mol. The maximum Gasteiger partial charge on any atom is 0.319 e. The maximum atomic E-state index is 12.6. The van der Waals surface area contributed by atoms with Crippen molar-refractivity contribution in [2.45, 2.75) is 25.5 Å². The smallest absolute Gasteiger partial charge is 0.319 e. The van der Waals surface area contributed by atoms with Crippen molar-refractivity contribution in [1.29, 1.82) is 0 Å². The Hall–Kier alpha value is -3.28. The summed E-state index contributed by atoms with van der Waals surface area (Å²) in [5.41, 5.74) is 7.92. The minimum atomic E-state index is -0.779. The summed E-state index contributed by atoms with van der Waals surface area (Å²) in [6, 6.07) is 6.57. The molecule has 0 spiro atoms. The fraction of sp³-hybridized carbons (Fsp3) is 0.238. The molecule has 4 N–H and O–H groups in total. The number of carbonyl (C=O) groups excluding carboxylic acids is 2. The zero-order chi connectivity index (χ0) is 19.4. The van der Waals surface area contributed by atoms with Crippen molar-refractivity contribution in [2.24, 2.45) is 11.7 Å². The molecule has 0 fully saturated rings. The Kier molecular flexibility index (Phi) is 5.45. The van der Waals surface area contributed by atoms with Gasteiger partial charge in [-0.1, -0.05) is 56.0 Å². The van der Waals surface area contributed by atoms with Gasteiger partial charge in [0, 0.05) is 23.6 Å². The highest BCUT2D eigenvalue weighted by Crippen LogP contribution is 2.34. The van der Waals surface area contributed by atoms with Crippen LogP contribution in [0.1, 0.15) is 24.9 Å². The summed E-state index contributed by atoms with van der Waals surface area (Å²) in [5, 5.41) is 5.82. The molecule has 3 unspecified atom stereocenters.